The van der Waals surface area contributed by atoms with E-state index in [1.165, 1.54) is 0 Å². The minimum atomic E-state index is -10.7. The fourth-order valence-corrected chi connectivity index (χ4v) is 2.35. The van der Waals surface area contributed by atoms with E-state index in [1.807, 2.05) is 32.1 Å². The summed E-state index contributed by atoms with van der Waals surface area (Å²) in [6.45, 7) is 5.49. The smallest absolute Gasteiger partial charge is 0.0312 e. The molecule has 1 aliphatic rings. The average molecular weight is 718 g/mol. The molecule has 0 aliphatic heterocycles. The molecule has 36 heavy (non-hydrogen) atoms. The Morgan fingerprint density at radius 3 is 1.75 bits per heavy atom. The Kier molecular flexibility index (Phi) is 15.7. The van der Waals surface area contributed by atoms with Crippen LogP contribution in [0, 0.1) is 32.1 Å². The summed E-state index contributed by atoms with van der Waals surface area (Å²) >= 11 is 9.04. The van der Waals surface area contributed by atoms with Crippen molar-refractivity contribution in [1.82, 2.24) is 5.32 Å². The number of esters is 1. The Bertz CT molecular complexity index is 788. The number of carbonyl (C=O) groups excluding carboxylic acids is 2. The van der Waals surface area contributed by atoms with E-state index in [2.05, 4.69) is 21.2 Å². The third-order valence-corrected chi connectivity index (χ3v) is 3.78. The Hall–Kier alpha value is -0.637. The minimum absolute atomic E-state index is 0. The second-order valence-corrected chi connectivity index (χ2v) is 11.0. The van der Waals surface area contributed by atoms with Crippen molar-refractivity contribution in [2.24, 2.45) is 0 Å². The van der Waals surface area contributed by atoms with Crippen LogP contribution in [0.2, 0.25) is 5.02 Å². The second kappa shape index (κ2) is 15.1. The maximum atomic E-state index is 12.1. The van der Waals surface area contributed by atoms with Crippen molar-refractivity contribution in [3.8, 4) is 0 Å². The molecule has 0 bridgehead atoms. The predicted octanol–water partition coefficient (Wildman–Crippen LogP) is 8.12. The molecule has 0 heterocycles. The van der Waals surface area contributed by atoms with Crippen molar-refractivity contribution < 1.29 is 63.7 Å². The van der Waals surface area contributed by atoms with Gasteiger partial charge in [-0.3, -0.25) is 0 Å². The molecule has 1 atom stereocenters. The van der Waals surface area contributed by atoms with E-state index in [0.29, 0.717) is 10.4 Å². The van der Waals surface area contributed by atoms with Gasteiger partial charge >= 0.3 is 64.5 Å². The largest absolute Gasteiger partial charge is 1.00 e. The molecule has 0 saturated heterocycles. The predicted molar refractivity (Wildman–Crippen MR) is 128 cm³/mol. The number of hydrogen-bond acceptors (Lipinski definition) is 4. The molecule has 1 aliphatic carbocycles. The SMILES string of the molecule is CC(C)(C)OC(=O)N[C@@H](Cc1ccc(Cl)cc1)C(=O)OCCBr.F[P-](F)(F)(F)(F)F.[CH]1[CH][CH][CH][CH]1.[Ru+]. The number of nitrogens with one attached hydrogen (secondary N) is 1. The van der Waals surface area contributed by atoms with Crippen LogP contribution in [0.1, 0.15) is 26.3 Å². The van der Waals surface area contributed by atoms with Crippen molar-refractivity contribution in [1.29, 1.82) is 0 Å². The molecule has 0 aromatic heterocycles. The number of alkyl carbamates (subject to hydrolysis) is 1. The monoisotopic (exact) mass is 717 g/mol. The summed E-state index contributed by atoms with van der Waals surface area (Å²) < 4.78 is 69.5. The van der Waals surface area contributed by atoms with Crippen molar-refractivity contribution in [2.45, 2.75) is 38.8 Å². The molecule has 1 saturated carbocycles. The number of halogens is 8. The van der Waals surface area contributed by atoms with Gasteiger partial charge < -0.3 is 14.8 Å². The average Bonchev–Trinajstić information content (AvgIpc) is 3.23. The maximum absolute atomic E-state index is 12.1. The van der Waals surface area contributed by atoms with Crippen LogP contribution in [-0.4, -0.2) is 35.6 Å². The molecule has 2 rings (SSSR count). The van der Waals surface area contributed by atoms with Gasteiger partial charge in [-0.05, 0) is 70.6 Å². The van der Waals surface area contributed by atoms with Crippen molar-refractivity contribution in [2.75, 3.05) is 11.9 Å². The molecular formula is C21H26BrClF6NO4PRu. The number of benzene rings is 1. The van der Waals surface area contributed by atoms with Crippen LogP contribution in [0.5, 0.6) is 0 Å². The normalized spacial score (nSPS) is 15.8. The molecule has 1 fully saturated rings. The van der Waals surface area contributed by atoms with Crippen LogP contribution >= 0.6 is 35.3 Å². The molecule has 1 aromatic rings. The van der Waals surface area contributed by atoms with Crippen LogP contribution in [0.3, 0.4) is 0 Å². The zero-order valence-corrected chi connectivity index (χ0v) is 24.3. The van der Waals surface area contributed by atoms with E-state index in [1.54, 1.807) is 45.0 Å². The van der Waals surface area contributed by atoms with Gasteiger partial charge in [-0.15, -0.1) is 0 Å². The van der Waals surface area contributed by atoms with Crippen LogP contribution in [0.25, 0.3) is 0 Å². The molecular weight excluding hydrogens is 692 g/mol. The molecule has 1 amide bonds. The summed E-state index contributed by atoms with van der Waals surface area (Å²) in [5.74, 6) is -0.509. The van der Waals surface area contributed by atoms with E-state index in [9.17, 15) is 34.8 Å². The van der Waals surface area contributed by atoms with Crippen LogP contribution in [0.15, 0.2) is 24.3 Å². The first-order chi connectivity index (χ1) is 15.7. The molecule has 0 unspecified atom stereocenters. The third kappa shape index (κ3) is 27.9. The first kappa shape index (κ1) is 37.5. The van der Waals surface area contributed by atoms with Gasteiger partial charge in [0.05, 0.1) is 0 Å². The van der Waals surface area contributed by atoms with E-state index in [0.717, 1.165) is 5.56 Å². The summed E-state index contributed by atoms with van der Waals surface area (Å²) in [7, 11) is -10.7. The fraction of sp³-hybridized carbons (Fsp3) is 0.381. The van der Waals surface area contributed by atoms with E-state index in [-0.39, 0.29) is 32.5 Å². The number of alkyl halides is 1. The maximum Gasteiger partial charge on any atom is 1.00 e. The number of ether oxygens (including phenoxy) is 2. The summed E-state index contributed by atoms with van der Waals surface area (Å²) in [6, 6.07) is 6.22. The Morgan fingerprint density at radius 1 is 0.972 bits per heavy atom. The molecule has 6 radical (unpaired) electrons. The van der Waals surface area contributed by atoms with Crippen LogP contribution in [0.4, 0.5) is 30.0 Å². The molecule has 1 aromatic carbocycles. The zero-order chi connectivity index (χ0) is 27.4. The number of hydrogen-bond donors (Lipinski definition) is 1. The first-order valence-corrected chi connectivity index (χ1v) is 13.4. The molecule has 1 N–H and O–H groups in total. The van der Waals surface area contributed by atoms with E-state index in [4.69, 9.17) is 21.1 Å². The van der Waals surface area contributed by atoms with E-state index < -0.39 is 31.5 Å². The number of carbonyl (C=O) groups is 2. The van der Waals surface area contributed by atoms with Gasteiger partial charge in [0.15, 0.2) is 0 Å². The van der Waals surface area contributed by atoms with Gasteiger partial charge in [-0.25, -0.2) is 9.59 Å². The summed E-state index contributed by atoms with van der Waals surface area (Å²) in [5.41, 5.74) is 0.209. The van der Waals surface area contributed by atoms with Gasteiger partial charge in [-0.2, -0.15) is 0 Å². The Morgan fingerprint density at radius 2 is 1.39 bits per heavy atom. The standard InChI is InChI=1S/C16H21BrClNO4.C5H5.F6P.Ru/c1-16(2,3)23-15(21)19-13(14(20)22-9-8-17)10-11-4-6-12(18)7-5-11;1-2-4-5-3-1;1-7(2,3,4,5)6;/h4-7,13H,8-10H2,1-3H3,(H,19,21);1-5H;;/q;;-1;+1/t13-;;;/m0.../s1. The molecule has 0 spiro atoms. The summed E-state index contributed by atoms with van der Waals surface area (Å²) in [6.07, 6.45) is 9.63. The Labute approximate surface area is 233 Å². The number of rotatable bonds is 6. The van der Waals surface area contributed by atoms with Gasteiger partial charge in [0.25, 0.3) is 0 Å². The van der Waals surface area contributed by atoms with E-state index >= 15 is 0 Å². The topological polar surface area (TPSA) is 64.6 Å². The van der Waals surface area contributed by atoms with Crippen LogP contribution in [-0.2, 0) is 40.2 Å². The third-order valence-electron chi connectivity index (χ3n) is 3.21. The summed E-state index contributed by atoms with van der Waals surface area (Å²) in [4.78, 5) is 24.1. The van der Waals surface area contributed by atoms with Crippen molar-refractivity contribution in [3.63, 3.8) is 0 Å². The van der Waals surface area contributed by atoms with Crippen LogP contribution < -0.4 is 5.32 Å². The van der Waals surface area contributed by atoms with Gasteiger partial charge in [0, 0.05) is 16.8 Å². The number of amides is 1. The Balaban J connectivity index is 0. The van der Waals surface area contributed by atoms with Crippen molar-refractivity contribution >= 4 is 47.4 Å². The first-order valence-electron chi connectivity index (χ1n) is 9.86. The quantitative estimate of drug-likeness (QED) is 0.106. The molecule has 15 heteroatoms. The van der Waals surface area contributed by atoms with Crippen molar-refractivity contribution in [3.05, 3.63) is 67.0 Å². The minimum Gasteiger partial charge on any atom is -0.0312 e. The fourth-order valence-electron chi connectivity index (χ4n) is 2.06. The van der Waals surface area contributed by atoms with Gasteiger partial charge in [0.1, 0.15) is 18.2 Å². The molecule has 5 nitrogen and oxygen atoms in total. The summed E-state index contributed by atoms with van der Waals surface area (Å²) in [5, 5.41) is 3.69. The second-order valence-electron chi connectivity index (χ2n) is 7.81. The van der Waals surface area contributed by atoms with Gasteiger partial charge in [0.2, 0.25) is 0 Å². The van der Waals surface area contributed by atoms with Gasteiger partial charge in [-0.1, -0.05) is 39.7 Å². The zero-order valence-electron chi connectivity index (χ0n) is 19.4. The molecule has 208 valence electrons.